The van der Waals surface area contributed by atoms with Crippen LogP contribution in [0.5, 0.6) is 0 Å². The molecule has 0 spiro atoms. The number of carbonyl (C=O) groups is 3. The fraction of sp³-hybridized carbons (Fsp3) is 0.719. The van der Waals surface area contributed by atoms with Crippen molar-refractivity contribution in [1.29, 1.82) is 0 Å². The minimum atomic E-state index is -0.0658. The van der Waals surface area contributed by atoms with E-state index in [1.54, 1.807) is 0 Å². The first-order chi connectivity index (χ1) is 16.5. The van der Waals surface area contributed by atoms with Gasteiger partial charge < -0.3 is 0 Å². The summed E-state index contributed by atoms with van der Waals surface area (Å²) in [4.78, 5) is 36.9. The zero-order valence-electron chi connectivity index (χ0n) is 24.6. The molecule has 2 rings (SSSR count). The number of carbonyl (C=O) groups excluding carboxylic acids is 3. The van der Waals surface area contributed by atoms with E-state index in [1.165, 1.54) is 30.9 Å². The molecule has 0 amide bonds. The smallest absolute Gasteiger partial charge is 0.163 e. The predicted molar refractivity (Wildman–Crippen MR) is 150 cm³/mol. The van der Waals surface area contributed by atoms with Gasteiger partial charge in [0.1, 0.15) is 11.6 Å². The summed E-state index contributed by atoms with van der Waals surface area (Å²) in [6, 6.07) is 4.15. The van der Waals surface area contributed by atoms with E-state index < -0.39 is 0 Å². The lowest BCUT2D eigenvalue weighted by atomic mass is 9.71. The average molecular weight is 487 g/mol. The first-order valence-electron chi connectivity index (χ1n) is 14.1. The van der Waals surface area contributed by atoms with Crippen LogP contribution in [-0.4, -0.2) is 17.3 Å². The third kappa shape index (κ3) is 11.7. The number of aryl methyl sites for hydroxylation is 2. The van der Waals surface area contributed by atoms with Crippen LogP contribution in [0.2, 0.25) is 0 Å². The maximum atomic E-state index is 12.8. The molecule has 0 saturated heterocycles. The zero-order chi connectivity index (χ0) is 27.1. The first-order valence-corrected chi connectivity index (χ1v) is 14.1. The molecule has 0 aromatic heterocycles. The average Bonchev–Trinajstić information content (AvgIpc) is 2.77. The lowest BCUT2D eigenvalue weighted by molar-refractivity contribution is -0.129. The molecular formula is C32H54O3. The van der Waals surface area contributed by atoms with E-state index in [9.17, 15) is 14.4 Å². The minimum Gasteiger partial charge on any atom is -0.300 e. The van der Waals surface area contributed by atoms with Crippen molar-refractivity contribution >= 4 is 17.3 Å². The van der Waals surface area contributed by atoms with Gasteiger partial charge in [-0.1, -0.05) is 86.3 Å². The second-order valence-corrected chi connectivity index (χ2v) is 10.9. The summed E-state index contributed by atoms with van der Waals surface area (Å²) < 4.78 is 0. The molecule has 3 heteroatoms. The van der Waals surface area contributed by atoms with Crippen molar-refractivity contribution in [3.8, 4) is 0 Å². The van der Waals surface area contributed by atoms with Crippen molar-refractivity contribution in [2.24, 2.45) is 23.7 Å². The van der Waals surface area contributed by atoms with Gasteiger partial charge in [0.2, 0.25) is 0 Å². The number of benzene rings is 1. The van der Waals surface area contributed by atoms with Crippen molar-refractivity contribution in [3.63, 3.8) is 0 Å². The molecular weight excluding hydrogens is 432 g/mol. The summed E-state index contributed by atoms with van der Waals surface area (Å²) in [6.45, 7) is 20.7. The molecule has 200 valence electrons. The van der Waals surface area contributed by atoms with Gasteiger partial charge in [-0.05, 0) is 74.5 Å². The Kier molecular flexibility index (Phi) is 16.7. The molecule has 0 N–H and O–H groups in total. The first kappa shape index (κ1) is 33.2. The number of hydrogen-bond donors (Lipinski definition) is 0. The van der Waals surface area contributed by atoms with Crippen LogP contribution in [0.15, 0.2) is 12.1 Å². The Bertz CT molecular complexity index is 790. The van der Waals surface area contributed by atoms with E-state index in [-0.39, 0.29) is 35.6 Å². The highest BCUT2D eigenvalue weighted by Crippen LogP contribution is 2.37. The number of ketones is 3. The molecule has 0 saturated carbocycles. The van der Waals surface area contributed by atoms with E-state index in [0.29, 0.717) is 12.3 Å². The second-order valence-electron chi connectivity index (χ2n) is 10.9. The summed E-state index contributed by atoms with van der Waals surface area (Å²) in [7, 11) is 0. The molecule has 3 atom stereocenters. The highest BCUT2D eigenvalue weighted by atomic mass is 16.1. The lowest BCUT2D eigenvalue weighted by Crippen LogP contribution is -2.30. The lowest BCUT2D eigenvalue weighted by Gasteiger charge is -2.32. The SMILES string of the molecule is CCC.CCC(C)C.CCCC(CC1CC(=O)c2c(C)ccc(C)c2C1)C(CC)C(=O)CC(C)=O. The van der Waals surface area contributed by atoms with Crippen molar-refractivity contribution in [2.75, 3.05) is 0 Å². The molecule has 0 fully saturated rings. The molecule has 1 aliphatic rings. The summed E-state index contributed by atoms with van der Waals surface area (Å²) in [5.41, 5.74) is 4.40. The minimum absolute atomic E-state index is 0.0451. The maximum Gasteiger partial charge on any atom is 0.163 e. The molecule has 0 bridgehead atoms. The zero-order valence-corrected chi connectivity index (χ0v) is 24.6. The van der Waals surface area contributed by atoms with E-state index in [2.05, 4.69) is 54.5 Å². The van der Waals surface area contributed by atoms with Crippen LogP contribution < -0.4 is 0 Å². The van der Waals surface area contributed by atoms with Gasteiger partial charge in [-0.25, -0.2) is 0 Å². The molecule has 3 nitrogen and oxygen atoms in total. The summed E-state index contributed by atoms with van der Waals surface area (Å²) in [5.74, 6) is 1.65. The van der Waals surface area contributed by atoms with Crippen molar-refractivity contribution < 1.29 is 14.4 Å². The Labute approximate surface area is 216 Å². The Balaban J connectivity index is 0.00000126. The van der Waals surface area contributed by atoms with Gasteiger partial charge in [0, 0.05) is 17.9 Å². The molecule has 1 aromatic carbocycles. The monoisotopic (exact) mass is 486 g/mol. The highest BCUT2D eigenvalue weighted by Gasteiger charge is 2.33. The van der Waals surface area contributed by atoms with Gasteiger partial charge in [-0.3, -0.25) is 14.4 Å². The maximum absolute atomic E-state index is 12.8. The fourth-order valence-corrected chi connectivity index (χ4v) is 4.89. The highest BCUT2D eigenvalue weighted by molar-refractivity contribution is 6.00. The van der Waals surface area contributed by atoms with Gasteiger partial charge in [-0.15, -0.1) is 0 Å². The van der Waals surface area contributed by atoms with Crippen molar-refractivity contribution in [3.05, 3.63) is 34.4 Å². The Morgan fingerprint density at radius 3 is 1.94 bits per heavy atom. The topological polar surface area (TPSA) is 51.2 Å². The number of hydrogen-bond acceptors (Lipinski definition) is 3. The summed E-state index contributed by atoms with van der Waals surface area (Å²) in [6.07, 6.45) is 7.77. The Morgan fingerprint density at radius 2 is 1.49 bits per heavy atom. The summed E-state index contributed by atoms with van der Waals surface area (Å²) in [5, 5.41) is 0. The van der Waals surface area contributed by atoms with Gasteiger partial charge >= 0.3 is 0 Å². The van der Waals surface area contributed by atoms with E-state index in [4.69, 9.17) is 0 Å². The van der Waals surface area contributed by atoms with E-state index in [1.807, 2.05) is 19.9 Å². The molecule has 1 aromatic rings. The Hall–Kier alpha value is -1.77. The van der Waals surface area contributed by atoms with Crippen LogP contribution in [0.3, 0.4) is 0 Å². The van der Waals surface area contributed by atoms with Crippen LogP contribution in [0, 0.1) is 37.5 Å². The molecule has 0 heterocycles. The Morgan fingerprint density at radius 1 is 0.943 bits per heavy atom. The van der Waals surface area contributed by atoms with Crippen molar-refractivity contribution in [1.82, 2.24) is 0 Å². The van der Waals surface area contributed by atoms with Gasteiger partial charge in [0.25, 0.3) is 0 Å². The van der Waals surface area contributed by atoms with Crippen LogP contribution in [-0.2, 0) is 16.0 Å². The van der Waals surface area contributed by atoms with Gasteiger partial charge in [0.05, 0.1) is 6.42 Å². The van der Waals surface area contributed by atoms with Crippen molar-refractivity contribution in [2.45, 2.75) is 127 Å². The van der Waals surface area contributed by atoms with Crippen LogP contribution in [0.4, 0.5) is 0 Å². The number of Topliss-reactive ketones (excluding diaryl/α,β-unsaturated/α-hetero) is 3. The van der Waals surface area contributed by atoms with E-state index >= 15 is 0 Å². The van der Waals surface area contributed by atoms with Crippen LogP contribution in [0.25, 0.3) is 0 Å². The normalized spacial score (nSPS) is 16.3. The van der Waals surface area contributed by atoms with Crippen LogP contribution >= 0.6 is 0 Å². The van der Waals surface area contributed by atoms with Crippen LogP contribution in [0.1, 0.15) is 134 Å². The largest absolute Gasteiger partial charge is 0.300 e. The number of rotatable bonds is 10. The van der Waals surface area contributed by atoms with Gasteiger partial charge in [-0.2, -0.15) is 0 Å². The molecule has 3 unspecified atom stereocenters. The third-order valence-electron chi connectivity index (χ3n) is 6.96. The second kappa shape index (κ2) is 17.6. The molecule has 0 aliphatic heterocycles. The predicted octanol–water partition coefficient (Wildman–Crippen LogP) is 8.90. The quantitative estimate of drug-likeness (QED) is 0.310. The third-order valence-corrected chi connectivity index (χ3v) is 6.96. The summed E-state index contributed by atoms with van der Waals surface area (Å²) >= 11 is 0. The number of fused-ring (bicyclic) bond motifs is 1. The molecule has 0 radical (unpaired) electrons. The standard InChI is InChI=1S/C24H34O3.C5H12.C3H8/c1-6-8-19(20(7-2)22(26)11-17(5)25)12-18-13-21-15(3)9-10-16(4)24(21)23(27)14-18;1-4-5(2)3;1-3-2/h9-10,18-20H,6-8,11-14H2,1-5H3;5H,4H2,1-3H3;3H2,1-2H3. The van der Waals surface area contributed by atoms with Gasteiger partial charge in [0.15, 0.2) is 5.78 Å². The fourth-order valence-electron chi connectivity index (χ4n) is 4.89. The molecule has 1 aliphatic carbocycles. The van der Waals surface area contributed by atoms with E-state index in [0.717, 1.165) is 49.1 Å². The molecule has 35 heavy (non-hydrogen) atoms.